The van der Waals surface area contributed by atoms with Crippen LogP contribution in [0.4, 0.5) is 0 Å². The second-order valence-electron chi connectivity index (χ2n) is 11.7. The van der Waals surface area contributed by atoms with Crippen LogP contribution >= 0.6 is 0 Å². The molecule has 0 aromatic heterocycles. The average molecular weight is 505 g/mol. The predicted molar refractivity (Wildman–Crippen MR) is 169 cm³/mol. The third-order valence-corrected chi connectivity index (χ3v) is 9.13. The standard InChI is InChI=1S/C39H36/c1-27-11-8-15-30(24-23-27)38-34-19-4-6-21-36(34)39(37-22-7-5-20-35(37)38)32-17-9-12-28(26-32)25-31-16-10-14-29-13-2-3-18-33(29)31/h2-7,9-10,12-14,16-22,26-27,30H,8,11,15,23-25H2,1H3. The Kier molecular flexibility index (Phi) is 6.41. The van der Waals surface area contributed by atoms with Crippen molar-refractivity contribution in [3.8, 4) is 11.1 Å². The highest BCUT2D eigenvalue weighted by atomic mass is 14.3. The molecule has 0 saturated heterocycles. The molecule has 0 heterocycles. The van der Waals surface area contributed by atoms with E-state index in [2.05, 4.69) is 122 Å². The van der Waals surface area contributed by atoms with E-state index in [0.717, 1.165) is 12.3 Å². The predicted octanol–water partition coefficient (Wildman–Crippen LogP) is 11.1. The molecule has 192 valence electrons. The number of hydrogen-bond donors (Lipinski definition) is 0. The van der Waals surface area contributed by atoms with E-state index in [-0.39, 0.29) is 0 Å². The van der Waals surface area contributed by atoms with Gasteiger partial charge in [-0.25, -0.2) is 0 Å². The first-order valence-corrected chi connectivity index (χ1v) is 14.8. The Morgan fingerprint density at radius 3 is 1.97 bits per heavy atom. The largest absolute Gasteiger partial charge is 0.0625 e. The van der Waals surface area contributed by atoms with Gasteiger partial charge in [-0.15, -0.1) is 0 Å². The molecule has 0 radical (unpaired) electrons. The van der Waals surface area contributed by atoms with Crippen molar-refractivity contribution in [3.05, 3.63) is 132 Å². The van der Waals surface area contributed by atoms with Gasteiger partial charge in [0.2, 0.25) is 0 Å². The van der Waals surface area contributed by atoms with Crippen LogP contribution in [0.25, 0.3) is 43.4 Å². The molecule has 6 aromatic rings. The van der Waals surface area contributed by atoms with Crippen LogP contribution in [0.1, 0.15) is 61.6 Å². The maximum Gasteiger partial charge on any atom is -0.00194 e. The zero-order chi connectivity index (χ0) is 26.2. The van der Waals surface area contributed by atoms with E-state index >= 15 is 0 Å². The first kappa shape index (κ1) is 24.2. The van der Waals surface area contributed by atoms with Crippen LogP contribution in [-0.4, -0.2) is 0 Å². The van der Waals surface area contributed by atoms with Gasteiger partial charge in [0.1, 0.15) is 0 Å². The molecule has 0 heteroatoms. The van der Waals surface area contributed by atoms with Crippen molar-refractivity contribution in [1.29, 1.82) is 0 Å². The van der Waals surface area contributed by atoms with Crippen molar-refractivity contribution in [1.82, 2.24) is 0 Å². The van der Waals surface area contributed by atoms with E-state index in [9.17, 15) is 0 Å². The van der Waals surface area contributed by atoms with Gasteiger partial charge in [0.15, 0.2) is 0 Å². The summed E-state index contributed by atoms with van der Waals surface area (Å²) in [6, 6.07) is 43.1. The van der Waals surface area contributed by atoms with Crippen LogP contribution in [0.3, 0.4) is 0 Å². The Morgan fingerprint density at radius 2 is 1.21 bits per heavy atom. The third-order valence-electron chi connectivity index (χ3n) is 9.13. The summed E-state index contributed by atoms with van der Waals surface area (Å²) < 4.78 is 0. The maximum atomic E-state index is 2.44. The summed E-state index contributed by atoms with van der Waals surface area (Å²) in [6.45, 7) is 2.44. The van der Waals surface area contributed by atoms with Crippen LogP contribution in [0.15, 0.2) is 115 Å². The fraction of sp³-hybridized carbons (Fsp3) is 0.231. The van der Waals surface area contributed by atoms with Gasteiger partial charge >= 0.3 is 0 Å². The summed E-state index contributed by atoms with van der Waals surface area (Å²) in [5.74, 6) is 1.48. The SMILES string of the molecule is CC1CCCC(c2c3ccccc3c(-c3cccc(Cc4cccc5ccccc45)c3)c3ccccc23)CC1. The molecule has 0 bridgehead atoms. The lowest BCUT2D eigenvalue weighted by molar-refractivity contribution is 0.500. The van der Waals surface area contributed by atoms with E-state index in [1.807, 2.05) is 0 Å². The summed E-state index contributed by atoms with van der Waals surface area (Å²) >= 11 is 0. The number of hydrogen-bond acceptors (Lipinski definition) is 0. The Hall–Kier alpha value is -3.90. The fourth-order valence-electron chi connectivity index (χ4n) is 7.19. The molecule has 1 aliphatic rings. The smallest absolute Gasteiger partial charge is 0.00194 e. The molecule has 0 aliphatic heterocycles. The Labute approximate surface area is 232 Å². The lowest BCUT2D eigenvalue weighted by Crippen LogP contribution is -2.02. The van der Waals surface area contributed by atoms with Gasteiger partial charge in [-0.2, -0.15) is 0 Å². The van der Waals surface area contributed by atoms with Crippen LogP contribution in [-0.2, 0) is 6.42 Å². The first-order chi connectivity index (χ1) is 19.3. The molecule has 7 rings (SSSR count). The van der Waals surface area contributed by atoms with Crippen molar-refractivity contribution < 1.29 is 0 Å². The van der Waals surface area contributed by atoms with Crippen molar-refractivity contribution >= 4 is 32.3 Å². The Balaban J connectivity index is 1.39. The number of benzene rings is 6. The second kappa shape index (κ2) is 10.3. The van der Waals surface area contributed by atoms with Crippen molar-refractivity contribution in [2.75, 3.05) is 0 Å². The van der Waals surface area contributed by atoms with E-state index in [1.54, 1.807) is 5.56 Å². The van der Waals surface area contributed by atoms with Gasteiger partial charge in [0.25, 0.3) is 0 Å². The van der Waals surface area contributed by atoms with Crippen molar-refractivity contribution in [2.24, 2.45) is 5.92 Å². The van der Waals surface area contributed by atoms with Gasteiger partial charge < -0.3 is 0 Å². The molecule has 0 nitrogen and oxygen atoms in total. The van der Waals surface area contributed by atoms with Gasteiger partial charge in [0, 0.05) is 0 Å². The van der Waals surface area contributed by atoms with Crippen molar-refractivity contribution in [2.45, 2.75) is 51.4 Å². The summed E-state index contributed by atoms with van der Waals surface area (Å²) in [5, 5.41) is 8.35. The molecule has 2 unspecified atom stereocenters. The molecule has 6 aromatic carbocycles. The van der Waals surface area contributed by atoms with E-state index in [1.165, 1.54) is 86.7 Å². The van der Waals surface area contributed by atoms with E-state index < -0.39 is 0 Å². The minimum Gasteiger partial charge on any atom is -0.0625 e. The van der Waals surface area contributed by atoms with Gasteiger partial charge in [0.05, 0.1) is 0 Å². The van der Waals surface area contributed by atoms with E-state index in [0.29, 0.717) is 5.92 Å². The zero-order valence-electron chi connectivity index (χ0n) is 22.9. The molecule has 39 heavy (non-hydrogen) atoms. The topological polar surface area (TPSA) is 0 Å². The molecule has 2 atom stereocenters. The molecular formula is C39H36. The van der Waals surface area contributed by atoms with Gasteiger partial charge in [-0.05, 0) is 91.2 Å². The lowest BCUT2D eigenvalue weighted by Gasteiger charge is -2.23. The third kappa shape index (κ3) is 4.53. The highest BCUT2D eigenvalue weighted by Gasteiger charge is 2.24. The molecular weight excluding hydrogens is 468 g/mol. The number of rotatable bonds is 4. The summed E-state index contributed by atoms with van der Waals surface area (Å²) in [6.07, 6.45) is 7.59. The van der Waals surface area contributed by atoms with Crippen molar-refractivity contribution in [3.63, 3.8) is 0 Å². The monoisotopic (exact) mass is 504 g/mol. The molecule has 1 aliphatic carbocycles. The minimum atomic E-state index is 0.636. The first-order valence-electron chi connectivity index (χ1n) is 14.8. The summed E-state index contributed by atoms with van der Waals surface area (Å²) in [7, 11) is 0. The normalized spacial score (nSPS) is 18.0. The fourth-order valence-corrected chi connectivity index (χ4v) is 7.19. The highest BCUT2D eigenvalue weighted by molar-refractivity contribution is 6.15. The average Bonchev–Trinajstić information content (AvgIpc) is 3.20. The van der Waals surface area contributed by atoms with Crippen LogP contribution in [0.5, 0.6) is 0 Å². The van der Waals surface area contributed by atoms with Crippen LogP contribution < -0.4 is 0 Å². The Morgan fingerprint density at radius 1 is 0.564 bits per heavy atom. The summed E-state index contributed by atoms with van der Waals surface area (Å²) in [4.78, 5) is 0. The molecule has 1 saturated carbocycles. The Bertz CT molecular complexity index is 1730. The zero-order valence-corrected chi connectivity index (χ0v) is 22.9. The molecule has 0 N–H and O–H groups in total. The molecule has 1 fully saturated rings. The van der Waals surface area contributed by atoms with E-state index in [4.69, 9.17) is 0 Å². The number of fused-ring (bicyclic) bond motifs is 3. The van der Waals surface area contributed by atoms with Gasteiger partial charge in [-0.1, -0.05) is 141 Å². The van der Waals surface area contributed by atoms with Crippen LogP contribution in [0.2, 0.25) is 0 Å². The lowest BCUT2D eigenvalue weighted by atomic mass is 9.81. The second-order valence-corrected chi connectivity index (χ2v) is 11.7. The quantitative estimate of drug-likeness (QED) is 0.165. The van der Waals surface area contributed by atoms with Crippen LogP contribution in [0, 0.1) is 5.92 Å². The minimum absolute atomic E-state index is 0.636. The van der Waals surface area contributed by atoms with Gasteiger partial charge in [-0.3, -0.25) is 0 Å². The maximum absolute atomic E-state index is 2.44. The molecule has 0 amide bonds. The highest BCUT2D eigenvalue weighted by Crippen LogP contribution is 2.45. The molecule has 0 spiro atoms. The summed E-state index contributed by atoms with van der Waals surface area (Å²) in [5.41, 5.74) is 7.04.